The molecule has 2 aromatic rings. The second-order valence-electron chi connectivity index (χ2n) is 5.04. The molecule has 1 heterocycles. The summed E-state index contributed by atoms with van der Waals surface area (Å²) in [6.45, 7) is 7.05. The van der Waals surface area contributed by atoms with E-state index in [9.17, 15) is 0 Å². The zero-order chi connectivity index (χ0) is 14.4. The largest absolute Gasteiger partial charge is 0.375 e. The Morgan fingerprint density at radius 2 is 2.00 bits per heavy atom. The SMILES string of the molecule is CCNc1nc(C)cn1CCCN(C)c1ccccc1. The van der Waals surface area contributed by atoms with Crippen LogP contribution in [0.4, 0.5) is 11.6 Å². The number of benzene rings is 1. The van der Waals surface area contributed by atoms with Gasteiger partial charge in [0.1, 0.15) is 0 Å². The minimum Gasteiger partial charge on any atom is -0.375 e. The van der Waals surface area contributed by atoms with Crippen LogP contribution in [0.1, 0.15) is 19.0 Å². The number of hydrogen-bond acceptors (Lipinski definition) is 3. The third-order valence-electron chi connectivity index (χ3n) is 3.32. The lowest BCUT2D eigenvalue weighted by Gasteiger charge is -2.19. The van der Waals surface area contributed by atoms with E-state index in [1.807, 2.05) is 13.0 Å². The molecule has 0 aliphatic carbocycles. The van der Waals surface area contributed by atoms with Gasteiger partial charge in [0.15, 0.2) is 0 Å². The molecular weight excluding hydrogens is 248 g/mol. The summed E-state index contributed by atoms with van der Waals surface area (Å²) in [4.78, 5) is 6.78. The first kappa shape index (κ1) is 14.4. The van der Waals surface area contributed by atoms with Gasteiger partial charge < -0.3 is 14.8 Å². The summed E-state index contributed by atoms with van der Waals surface area (Å²) in [5.74, 6) is 0.979. The maximum absolute atomic E-state index is 4.49. The van der Waals surface area contributed by atoms with E-state index in [1.165, 1.54) is 5.69 Å². The molecule has 0 bridgehead atoms. The molecule has 108 valence electrons. The van der Waals surface area contributed by atoms with E-state index in [0.717, 1.165) is 37.7 Å². The van der Waals surface area contributed by atoms with Crippen molar-refractivity contribution in [1.82, 2.24) is 9.55 Å². The van der Waals surface area contributed by atoms with Crippen molar-refractivity contribution in [2.45, 2.75) is 26.8 Å². The number of aryl methyl sites for hydroxylation is 2. The maximum Gasteiger partial charge on any atom is 0.203 e. The number of anilines is 2. The summed E-state index contributed by atoms with van der Waals surface area (Å²) in [7, 11) is 2.14. The van der Waals surface area contributed by atoms with Gasteiger partial charge in [-0.25, -0.2) is 4.98 Å². The van der Waals surface area contributed by atoms with E-state index in [-0.39, 0.29) is 0 Å². The van der Waals surface area contributed by atoms with Crippen LogP contribution in [0.15, 0.2) is 36.5 Å². The van der Waals surface area contributed by atoms with Gasteiger partial charge in [-0.15, -0.1) is 0 Å². The molecule has 20 heavy (non-hydrogen) atoms. The normalized spacial score (nSPS) is 10.6. The quantitative estimate of drug-likeness (QED) is 0.840. The Morgan fingerprint density at radius 1 is 1.25 bits per heavy atom. The zero-order valence-corrected chi connectivity index (χ0v) is 12.6. The Morgan fingerprint density at radius 3 is 2.70 bits per heavy atom. The standard InChI is InChI=1S/C16H24N4/c1-4-17-16-18-14(2)13-20(16)12-8-11-19(3)15-9-6-5-7-10-15/h5-7,9-10,13H,4,8,11-12H2,1-3H3,(H,17,18). The third kappa shape index (κ3) is 3.76. The van der Waals surface area contributed by atoms with Crippen LogP contribution in [0.5, 0.6) is 0 Å². The Kier molecular flexibility index (Phi) is 5.04. The first-order chi connectivity index (χ1) is 9.70. The lowest BCUT2D eigenvalue weighted by Crippen LogP contribution is -2.20. The van der Waals surface area contributed by atoms with Crippen molar-refractivity contribution in [1.29, 1.82) is 0 Å². The smallest absolute Gasteiger partial charge is 0.203 e. The molecule has 0 spiro atoms. The highest BCUT2D eigenvalue weighted by atomic mass is 15.2. The van der Waals surface area contributed by atoms with E-state index in [4.69, 9.17) is 0 Å². The summed E-state index contributed by atoms with van der Waals surface area (Å²) >= 11 is 0. The Balaban J connectivity index is 1.87. The topological polar surface area (TPSA) is 33.1 Å². The van der Waals surface area contributed by atoms with Crippen LogP contribution < -0.4 is 10.2 Å². The lowest BCUT2D eigenvalue weighted by atomic mass is 10.3. The van der Waals surface area contributed by atoms with Gasteiger partial charge in [0.05, 0.1) is 5.69 Å². The molecule has 0 saturated carbocycles. The molecule has 1 aromatic heterocycles. The molecule has 0 atom stereocenters. The summed E-state index contributed by atoms with van der Waals surface area (Å²) in [6, 6.07) is 10.5. The average molecular weight is 272 g/mol. The predicted molar refractivity (Wildman–Crippen MR) is 85.5 cm³/mol. The average Bonchev–Trinajstić information content (AvgIpc) is 2.80. The molecule has 0 amide bonds. The highest BCUT2D eigenvalue weighted by Gasteiger charge is 2.05. The molecule has 4 heteroatoms. The van der Waals surface area contributed by atoms with E-state index < -0.39 is 0 Å². The Hall–Kier alpha value is -1.97. The van der Waals surface area contributed by atoms with E-state index in [1.54, 1.807) is 0 Å². The third-order valence-corrected chi connectivity index (χ3v) is 3.32. The van der Waals surface area contributed by atoms with E-state index in [2.05, 4.69) is 64.2 Å². The van der Waals surface area contributed by atoms with Crippen molar-refractivity contribution in [3.05, 3.63) is 42.2 Å². The first-order valence-electron chi connectivity index (χ1n) is 7.24. The van der Waals surface area contributed by atoms with Gasteiger partial charge in [-0.3, -0.25) is 0 Å². The van der Waals surface area contributed by atoms with E-state index >= 15 is 0 Å². The fourth-order valence-electron chi connectivity index (χ4n) is 2.31. The van der Waals surface area contributed by atoms with Crippen molar-refractivity contribution in [2.75, 3.05) is 30.4 Å². The molecule has 0 fully saturated rings. The van der Waals surface area contributed by atoms with Crippen LogP contribution in [0.25, 0.3) is 0 Å². The van der Waals surface area contributed by atoms with Crippen LogP contribution in [0.3, 0.4) is 0 Å². The molecule has 0 aliphatic heterocycles. The summed E-state index contributed by atoms with van der Waals surface area (Å²) < 4.78 is 2.21. The number of nitrogens with zero attached hydrogens (tertiary/aromatic N) is 3. The van der Waals surface area contributed by atoms with Crippen LogP contribution in [0, 0.1) is 6.92 Å². The van der Waals surface area contributed by atoms with Crippen molar-refractivity contribution >= 4 is 11.6 Å². The minimum atomic E-state index is 0.903. The van der Waals surface area contributed by atoms with Crippen LogP contribution in [0.2, 0.25) is 0 Å². The Labute approximate surface area is 121 Å². The van der Waals surface area contributed by atoms with Gasteiger partial charge in [-0.2, -0.15) is 0 Å². The predicted octanol–water partition coefficient (Wildman–Crippen LogP) is 3.15. The van der Waals surface area contributed by atoms with Crippen molar-refractivity contribution in [3.8, 4) is 0 Å². The molecule has 0 aliphatic rings. The van der Waals surface area contributed by atoms with Crippen molar-refractivity contribution in [3.63, 3.8) is 0 Å². The molecule has 1 N–H and O–H groups in total. The van der Waals surface area contributed by atoms with Gasteiger partial charge >= 0.3 is 0 Å². The fraction of sp³-hybridized carbons (Fsp3) is 0.438. The van der Waals surface area contributed by atoms with Crippen LogP contribution >= 0.6 is 0 Å². The summed E-state index contributed by atoms with van der Waals surface area (Å²) in [5.41, 5.74) is 2.33. The van der Waals surface area contributed by atoms with E-state index in [0.29, 0.717) is 0 Å². The van der Waals surface area contributed by atoms with Crippen molar-refractivity contribution in [2.24, 2.45) is 0 Å². The molecular formula is C16H24N4. The second kappa shape index (κ2) is 6.98. The number of para-hydroxylation sites is 1. The zero-order valence-electron chi connectivity index (χ0n) is 12.6. The van der Waals surface area contributed by atoms with Gasteiger partial charge in [0.2, 0.25) is 5.95 Å². The highest BCUT2D eigenvalue weighted by molar-refractivity contribution is 5.44. The molecule has 4 nitrogen and oxygen atoms in total. The van der Waals surface area contributed by atoms with Gasteiger partial charge in [0.25, 0.3) is 0 Å². The second-order valence-corrected chi connectivity index (χ2v) is 5.04. The molecule has 0 radical (unpaired) electrons. The lowest BCUT2D eigenvalue weighted by molar-refractivity contribution is 0.641. The number of rotatable bonds is 7. The maximum atomic E-state index is 4.49. The molecule has 1 aromatic carbocycles. The first-order valence-corrected chi connectivity index (χ1v) is 7.24. The van der Waals surface area contributed by atoms with Crippen molar-refractivity contribution < 1.29 is 0 Å². The highest BCUT2D eigenvalue weighted by Crippen LogP contribution is 2.13. The number of imidazole rings is 1. The Bertz CT molecular complexity index is 519. The van der Waals surface area contributed by atoms with Crippen LogP contribution in [-0.2, 0) is 6.54 Å². The molecule has 0 saturated heterocycles. The number of hydrogen-bond donors (Lipinski definition) is 1. The molecule has 0 unspecified atom stereocenters. The van der Waals surface area contributed by atoms with Gasteiger partial charge in [-0.05, 0) is 32.4 Å². The monoisotopic (exact) mass is 272 g/mol. The van der Waals surface area contributed by atoms with Gasteiger partial charge in [-0.1, -0.05) is 18.2 Å². The minimum absolute atomic E-state index is 0.903. The number of aromatic nitrogens is 2. The number of nitrogens with one attached hydrogen (secondary N) is 1. The van der Waals surface area contributed by atoms with Crippen LogP contribution in [-0.4, -0.2) is 29.7 Å². The molecule has 2 rings (SSSR count). The summed E-state index contributed by atoms with van der Waals surface area (Å²) in [6.07, 6.45) is 3.21. The fourth-order valence-corrected chi connectivity index (χ4v) is 2.31. The summed E-state index contributed by atoms with van der Waals surface area (Å²) in [5, 5.41) is 3.31. The van der Waals surface area contributed by atoms with Gasteiger partial charge in [0, 0.05) is 38.6 Å².